The van der Waals surface area contributed by atoms with Gasteiger partial charge in [0.2, 0.25) is 0 Å². The normalized spacial score (nSPS) is 15.8. The van der Waals surface area contributed by atoms with Crippen LogP contribution in [0.1, 0.15) is 6.42 Å². The van der Waals surface area contributed by atoms with E-state index in [-0.39, 0.29) is 59.1 Å². The summed E-state index contributed by atoms with van der Waals surface area (Å²) in [6.45, 7) is 2.35. The van der Waals surface area contributed by atoms with Gasteiger partial charge >= 0.3 is 72.1 Å². The number of aliphatic hydroxyl groups is 1. The number of hydrogen-bond acceptors (Lipinski definition) is 9. The van der Waals surface area contributed by atoms with Crippen LogP contribution in [-0.4, -0.2) is 37.3 Å². The second kappa shape index (κ2) is 9.74. The number of nitrogens with zero attached hydrogens (tertiary/aromatic N) is 1. The first-order chi connectivity index (χ1) is 7.45. The molecular weight excluding hydrogens is 322 g/mol. The average molecular weight is 333 g/mol. The standard InChI is InChI=1S/C6H13NO8P2.2Na/c1-2-5(8)7-4-3-6(9,16(10,11)12)17(13,14)15;;/h2,9H,1,3-4H2,(H,7,8)(H2,10,11,12)(H2,13,14,15);;/q;2*+1/p-2. The fourth-order valence-electron chi connectivity index (χ4n) is 0.832. The monoisotopic (exact) mass is 333 g/mol. The van der Waals surface area contributed by atoms with Gasteiger partial charge in [-0.3, -0.25) is 4.89 Å². The minimum atomic E-state index is -5.73. The first kappa shape index (κ1) is 25.7. The van der Waals surface area contributed by atoms with E-state index in [1.54, 1.807) is 0 Å². The van der Waals surface area contributed by atoms with Crippen LogP contribution in [0.25, 0.3) is 0 Å². The number of rotatable bonds is 6. The van der Waals surface area contributed by atoms with Crippen molar-refractivity contribution in [3.05, 3.63) is 12.7 Å². The first-order valence-electron chi connectivity index (χ1n) is 4.11. The van der Waals surface area contributed by atoms with Crippen molar-refractivity contribution in [2.45, 2.75) is 11.5 Å². The van der Waals surface area contributed by atoms with Gasteiger partial charge in [-0.1, -0.05) is 12.7 Å². The third-order valence-electron chi connectivity index (χ3n) is 1.81. The van der Waals surface area contributed by atoms with Crippen LogP contribution in [0.4, 0.5) is 0 Å². The molecule has 0 aliphatic carbocycles. The molecule has 19 heavy (non-hydrogen) atoms. The summed E-state index contributed by atoms with van der Waals surface area (Å²) in [6, 6.07) is 0. The van der Waals surface area contributed by atoms with Crippen LogP contribution in [0, 0.1) is 0 Å². The van der Waals surface area contributed by atoms with Gasteiger partial charge < -0.3 is 29.9 Å². The number of aliphatic imine (C=N–C) groups is 1. The Morgan fingerprint density at radius 2 is 1.63 bits per heavy atom. The molecule has 0 saturated heterocycles. The summed E-state index contributed by atoms with van der Waals surface area (Å²) >= 11 is 0. The van der Waals surface area contributed by atoms with E-state index >= 15 is 0 Å². The van der Waals surface area contributed by atoms with Crippen LogP contribution in [0.3, 0.4) is 0 Å². The average Bonchev–Trinajstić information content (AvgIpc) is 2.13. The molecule has 0 aliphatic rings. The number of hydrogen-bond donors (Lipinski definition) is 4. The zero-order chi connectivity index (χ0) is 13.9. The Labute approximate surface area is 155 Å². The van der Waals surface area contributed by atoms with E-state index in [0.29, 0.717) is 0 Å². The SMILES string of the molecule is C=CC([O-])=NCCC(O)([P+]([O-])([O-])O)[P+]([O-])(O)O.[Na+].[Na+]. The fraction of sp³-hybridized carbons (Fsp3) is 0.500. The molecule has 0 heterocycles. The molecule has 100 valence electrons. The topological polar surface area (TPSA) is 186 Å². The van der Waals surface area contributed by atoms with E-state index in [4.69, 9.17) is 14.7 Å². The van der Waals surface area contributed by atoms with Crippen molar-refractivity contribution in [2.24, 2.45) is 4.99 Å². The van der Waals surface area contributed by atoms with Crippen molar-refractivity contribution in [1.29, 1.82) is 0 Å². The Kier molecular flexibility index (Phi) is 13.2. The Morgan fingerprint density at radius 3 is 1.89 bits per heavy atom. The molecule has 0 aromatic carbocycles. The Bertz CT molecular complexity index is 301. The van der Waals surface area contributed by atoms with Crippen LogP contribution in [0.15, 0.2) is 17.6 Å². The van der Waals surface area contributed by atoms with E-state index in [9.17, 15) is 24.9 Å². The van der Waals surface area contributed by atoms with Gasteiger partial charge in [-0.2, -0.15) is 0 Å². The minimum Gasteiger partial charge on any atom is -0.859 e. The molecule has 4 N–H and O–H groups in total. The second-order valence-electron chi connectivity index (χ2n) is 3.01. The molecule has 0 spiro atoms. The van der Waals surface area contributed by atoms with Crippen molar-refractivity contribution >= 4 is 21.8 Å². The van der Waals surface area contributed by atoms with Gasteiger partial charge in [0.15, 0.2) is 0 Å². The molecule has 13 heteroatoms. The molecule has 0 aliphatic heterocycles. The molecular formula is C6H11NNa2O8P2. The van der Waals surface area contributed by atoms with Gasteiger partial charge in [-0.15, -0.1) is 0 Å². The molecule has 0 fully saturated rings. The molecule has 1 atom stereocenters. The quantitative estimate of drug-likeness (QED) is 0.160. The zero-order valence-electron chi connectivity index (χ0n) is 10.5. The van der Waals surface area contributed by atoms with Crippen molar-refractivity contribution in [3.8, 4) is 0 Å². The summed E-state index contributed by atoms with van der Waals surface area (Å²) in [5.74, 6) is -0.850. The molecule has 0 aromatic heterocycles. The van der Waals surface area contributed by atoms with Crippen LogP contribution in [0.2, 0.25) is 0 Å². The van der Waals surface area contributed by atoms with Crippen molar-refractivity contribution in [3.63, 3.8) is 0 Å². The fourth-order valence-corrected chi connectivity index (χ4v) is 2.92. The predicted octanol–water partition coefficient (Wildman–Crippen LogP) is -10.4. The summed E-state index contributed by atoms with van der Waals surface area (Å²) in [4.78, 5) is 61.4. The third kappa shape index (κ3) is 7.56. The molecule has 1 unspecified atom stereocenters. The Hall–Kier alpha value is 1.79. The van der Waals surface area contributed by atoms with E-state index in [1.807, 2.05) is 0 Å². The first-order valence-corrected chi connectivity index (χ1v) is 7.30. The minimum absolute atomic E-state index is 0. The van der Waals surface area contributed by atoms with Gasteiger partial charge in [-0.05, 0) is 5.90 Å². The van der Waals surface area contributed by atoms with Gasteiger partial charge in [0, 0.05) is 6.54 Å². The van der Waals surface area contributed by atoms with Crippen LogP contribution in [0.5, 0.6) is 0 Å². The van der Waals surface area contributed by atoms with E-state index in [0.717, 1.165) is 6.08 Å². The Morgan fingerprint density at radius 1 is 1.21 bits per heavy atom. The Balaban J connectivity index is -0.00000128. The second-order valence-corrected chi connectivity index (χ2v) is 6.97. The molecule has 0 saturated carbocycles. The molecule has 0 radical (unpaired) electrons. The van der Waals surface area contributed by atoms with Crippen molar-refractivity contribution in [2.75, 3.05) is 6.54 Å². The summed E-state index contributed by atoms with van der Waals surface area (Å²) in [7, 11) is -11.3. The van der Waals surface area contributed by atoms with Crippen LogP contribution in [-0.2, 0) is 0 Å². The van der Waals surface area contributed by atoms with E-state index in [1.165, 1.54) is 0 Å². The summed E-state index contributed by atoms with van der Waals surface area (Å²) in [6.07, 6.45) is -0.333. The van der Waals surface area contributed by atoms with Gasteiger partial charge in [0.1, 0.15) is 7.94 Å². The molecule has 0 aromatic rings. The van der Waals surface area contributed by atoms with E-state index in [2.05, 4.69) is 11.6 Å². The maximum Gasteiger partial charge on any atom is 1.00 e. The largest absolute Gasteiger partial charge is 1.00 e. The molecule has 9 nitrogen and oxygen atoms in total. The van der Waals surface area contributed by atoms with Gasteiger partial charge in [0.25, 0.3) is 0 Å². The summed E-state index contributed by atoms with van der Waals surface area (Å²) in [5.41, 5.74) is 0. The third-order valence-corrected chi connectivity index (χ3v) is 5.63. The van der Waals surface area contributed by atoms with Gasteiger partial charge in [-0.25, -0.2) is 9.79 Å². The van der Waals surface area contributed by atoms with Crippen LogP contribution < -0.4 is 78.9 Å². The summed E-state index contributed by atoms with van der Waals surface area (Å²) in [5, 5.41) is 16.3. The maximum absolute atomic E-state index is 10.8. The van der Waals surface area contributed by atoms with Crippen molar-refractivity contribution < 1.29 is 98.7 Å². The van der Waals surface area contributed by atoms with Crippen LogP contribution >= 0.6 is 15.9 Å². The van der Waals surface area contributed by atoms with E-state index < -0.39 is 39.8 Å². The molecule has 0 rings (SSSR count). The van der Waals surface area contributed by atoms with Gasteiger partial charge in [0.05, 0.1) is 6.42 Å². The molecule has 0 amide bonds. The maximum atomic E-state index is 10.8. The van der Waals surface area contributed by atoms with Crippen molar-refractivity contribution in [1.82, 2.24) is 0 Å². The smallest absolute Gasteiger partial charge is 0.859 e. The zero-order valence-corrected chi connectivity index (χ0v) is 16.3. The molecule has 0 bridgehead atoms. The summed E-state index contributed by atoms with van der Waals surface area (Å²) < 4.78 is 0. The predicted molar refractivity (Wildman–Crippen MR) is 52.6 cm³/mol.